The van der Waals surface area contributed by atoms with E-state index < -0.39 is 0 Å². The first kappa shape index (κ1) is 26.7. The molecular weight excluding hydrogens is 553 g/mol. The molecule has 0 heterocycles. The maximum atomic E-state index is 2.44. The van der Waals surface area contributed by atoms with E-state index in [1.165, 1.54) is 87.6 Å². The SMILES string of the molecule is C1=C(c2ccc3ccccc3c2)CCC=C1c1c2ccccc2c(-c2ccc(-c3cccc4ccccc34)cc2)c2ccccc12. The fourth-order valence-corrected chi connectivity index (χ4v) is 7.54. The van der Waals surface area contributed by atoms with Gasteiger partial charge in [-0.3, -0.25) is 0 Å². The van der Waals surface area contributed by atoms with Gasteiger partial charge in [0.2, 0.25) is 0 Å². The van der Waals surface area contributed by atoms with E-state index in [-0.39, 0.29) is 0 Å². The van der Waals surface area contributed by atoms with Crippen molar-refractivity contribution in [3.63, 3.8) is 0 Å². The van der Waals surface area contributed by atoms with Gasteiger partial charge in [0.05, 0.1) is 0 Å². The van der Waals surface area contributed by atoms with Crippen LogP contribution in [0.1, 0.15) is 24.0 Å². The zero-order chi connectivity index (χ0) is 30.5. The molecule has 1 aliphatic rings. The molecule has 0 nitrogen and oxygen atoms in total. The van der Waals surface area contributed by atoms with Crippen LogP contribution in [0.3, 0.4) is 0 Å². The summed E-state index contributed by atoms with van der Waals surface area (Å²) in [6.07, 6.45) is 6.98. The number of rotatable bonds is 4. The number of hydrogen-bond acceptors (Lipinski definition) is 0. The fourth-order valence-electron chi connectivity index (χ4n) is 7.54. The zero-order valence-electron chi connectivity index (χ0n) is 25.6. The third-order valence-electron chi connectivity index (χ3n) is 9.72. The van der Waals surface area contributed by atoms with E-state index in [0.29, 0.717) is 0 Å². The summed E-state index contributed by atoms with van der Waals surface area (Å²) in [4.78, 5) is 0. The van der Waals surface area contributed by atoms with Crippen molar-refractivity contribution in [2.24, 2.45) is 0 Å². The minimum absolute atomic E-state index is 1.04. The summed E-state index contributed by atoms with van der Waals surface area (Å²) in [6, 6.07) is 57.9. The summed E-state index contributed by atoms with van der Waals surface area (Å²) in [6.45, 7) is 0. The standard InChI is InChI=1S/C46H32/c1-2-13-35-29-37(28-23-31(35)11-1)36-15-9-16-38(30-36)46-43-20-7-5-18-41(43)45(42-19-6-8-21-44(42)46)34-26-24-33(25-27-34)40-22-10-14-32-12-3-4-17-39(32)40/h1-8,10-14,16-30H,9,15H2. The Hall–Kier alpha value is -5.72. The lowest BCUT2D eigenvalue weighted by molar-refractivity contribution is 1.06. The highest BCUT2D eigenvalue weighted by molar-refractivity contribution is 6.20. The second-order valence-electron chi connectivity index (χ2n) is 12.4. The first-order chi connectivity index (χ1) is 22.8. The molecule has 0 bridgehead atoms. The van der Waals surface area contributed by atoms with Gasteiger partial charge >= 0.3 is 0 Å². The molecule has 0 fully saturated rings. The summed E-state index contributed by atoms with van der Waals surface area (Å²) < 4.78 is 0. The molecule has 0 saturated heterocycles. The first-order valence-corrected chi connectivity index (χ1v) is 16.2. The van der Waals surface area contributed by atoms with Crippen LogP contribution in [0.25, 0.3) is 76.5 Å². The van der Waals surface area contributed by atoms with Gasteiger partial charge < -0.3 is 0 Å². The molecule has 0 aliphatic heterocycles. The molecule has 46 heavy (non-hydrogen) atoms. The predicted molar refractivity (Wildman–Crippen MR) is 199 cm³/mol. The van der Waals surface area contributed by atoms with Crippen molar-refractivity contribution < 1.29 is 0 Å². The van der Waals surface area contributed by atoms with E-state index in [9.17, 15) is 0 Å². The van der Waals surface area contributed by atoms with Gasteiger partial charge in [-0.05, 0) is 107 Å². The number of hydrogen-bond donors (Lipinski definition) is 0. The second kappa shape index (κ2) is 11.0. The molecule has 0 spiro atoms. The van der Waals surface area contributed by atoms with Crippen LogP contribution < -0.4 is 0 Å². The van der Waals surface area contributed by atoms with Crippen LogP contribution in [0.2, 0.25) is 0 Å². The van der Waals surface area contributed by atoms with Crippen molar-refractivity contribution in [3.8, 4) is 22.3 Å². The molecular formula is C46H32. The molecule has 9 rings (SSSR count). The van der Waals surface area contributed by atoms with Crippen molar-refractivity contribution in [2.45, 2.75) is 12.8 Å². The molecule has 0 atom stereocenters. The quantitative estimate of drug-likeness (QED) is 0.181. The van der Waals surface area contributed by atoms with Gasteiger partial charge in [0.1, 0.15) is 0 Å². The number of fused-ring (bicyclic) bond motifs is 4. The molecule has 0 heteroatoms. The average Bonchev–Trinajstić information content (AvgIpc) is 3.13. The van der Waals surface area contributed by atoms with Crippen LogP contribution in [0.5, 0.6) is 0 Å². The van der Waals surface area contributed by atoms with Crippen LogP contribution in [-0.2, 0) is 0 Å². The summed E-state index contributed by atoms with van der Waals surface area (Å²) >= 11 is 0. The van der Waals surface area contributed by atoms with Crippen molar-refractivity contribution in [3.05, 3.63) is 181 Å². The van der Waals surface area contributed by atoms with Gasteiger partial charge in [0.25, 0.3) is 0 Å². The number of allylic oxidation sites excluding steroid dienone is 4. The van der Waals surface area contributed by atoms with Crippen LogP contribution >= 0.6 is 0 Å². The van der Waals surface area contributed by atoms with Gasteiger partial charge in [-0.15, -0.1) is 0 Å². The summed E-state index contributed by atoms with van der Waals surface area (Å²) in [5, 5.41) is 10.3. The third-order valence-corrected chi connectivity index (χ3v) is 9.72. The predicted octanol–water partition coefficient (Wildman–Crippen LogP) is 12.9. The highest BCUT2D eigenvalue weighted by atomic mass is 14.2. The molecule has 0 amide bonds. The zero-order valence-corrected chi connectivity index (χ0v) is 25.6. The minimum Gasteiger partial charge on any atom is -0.0763 e. The first-order valence-electron chi connectivity index (χ1n) is 16.2. The van der Waals surface area contributed by atoms with E-state index in [0.717, 1.165) is 12.8 Å². The Labute approximate surface area is 269 Å². The van der Waals surface area contributed by atoms with Crippen LogP contribution in [0, 0.1) is 0 Å². The van der Waals surface area contributed by atoms with Crippen LogP contribution in [-0.4, -0.2) is 0 Å². The maximum absolute atomic E-state index is 2.44. The Morgan fingerprint density at radius 1 is 0.370 bits per heavy atom. The lowest BCUT2D eigenvalue weighted by Gasteiger charge is -2.21. The van der Waals surface area contributed by atoms with Gasteiger partial charge in [-0.1, -0.05) is 164 Å². The largest absolute Gasteiger partial charge is 0.0763 e. The third kappa shape index (κ3) is 4.45. The normalized spacial score (nSPS) is 13.3. The Morgan fingerprint density at radius 2 is 0.913 bits per heavy atom. The van der Waals surface area contributed by atoms with Gasteiger partial charge in [0.15, 0.2) is 0 Å². The van der Waals surface area contributed by atoms with Crippen molar-refractivity contribution in [2.75, 3.05) is 0 Å². The molecule has 1 aliphatic carbocycles. The maximum Gasteiger partial charge on any atom is -0.00264 e. The van der Waals surface area contributed by atoms with E-state index in [1.807, 2.05) is 0 Å². The summed E-state index contributed by atoms with van der Waals surface area (Å²) in [7, 11) is 0. The van der Waals surface area contributed by atoms with E-state index >= 15 is 0 Å². The highest BCUT2D eigenvalue weighted by Gasteiger charge is 2.19. The second-order valence-corrected chi connectivity index (χ2v) is 12.4. The van der Waals surface area contributed by atoms with Crippen molar-refractivity contribution in [1.82, 2.24) is 0 Å². The van der Waals surface area contributed by atoms with Gasteiger partial charge in [-0.25, -0.2) is 0 Å². The van der Waals surface area contributed by atoms with Crippen molar-refractivity contribution >= 4 is 54.2 Å². The Kier molecular flexibility index (Phi) is 6.39. The van der Waals surface area contributed by atoms with Crippen LogP contribution in [0.4, 0.5) is 0 Å². The molecule has 0 radical (unpaired) electrons. The summed E-state index contributed by atoms with van der Waals surface area (Å²) in [5.41, 5.74) is 10.4. The molecule has 0 N–H and O–H groups in total. The average molecular weight is 585 g/mol. The summed E-state index contributed by atoms with van der Waals surface area (Å²) in [5.74, 6) is 0. The van der Waals surface area contributed by atoms with E-state index in [2.05, 4.69) is 170 Å². The lowest BCUT2D eigenvalue weighted by atomic mass is 9.83. The van der Waals surface area contributed by atoms with Crippen LogP contribution in [0.15, 0.2) is 170 Å². The Bertz CT molecular complexity index is 2440. The van der Waals surface area contributed by atoms with E-state index in [4.69, 9.17) is 0 Å². The Balaban J connectivity index is 1.20. The topological polar surface area (TPSA) is 0 Å². The Morgan fingerprint density at radius 3 is 1.63 bits per heavy atom. The van der Waals surface area contributed by atoms with Gasteiger partial charge in [0, 0.05) is 0 Å². The van der Waals surface area contributed by atoms with Gasteiger partial charge in [-0.2, -0.15) is 0 Å². The monoisotopic (exact) mass is 584 g/mol. The lowest BCUT2D eigenvalue weighted by Crippen LogP contribution is -1.97. The smallest absolute Gasteiger partial charge is 0.00264 e. The molecule has 8 aromatic rings. The van der Waals surface area contributed by atoms with E-state index in [1.54, 1.807) is 0 Å². The molecule has 0 unspecified atom stereocenters. The molecule has 0 aromatic heterocycles. The fraction of sp³-hybridized carbons (Fsp3) is 0.0435. The molecule has 216 valence electrons. The minimum atomic E-state index is 1.04. The molecule has 8 aromatic carbocycles. The number of benzene rings is 8. The highest BCUT2D eigenvalue weighted by Crippen LogP contribution is 2.44. The molecule has 0 saturated carbocycles. The van der Waals surface area contributed by atoms with Crippen molar-refractivity contribution in [1.29, 1.82) is 0 Å².